The lowest BCUT2D eigenvalue weighted by Crippen LogP contribution is -2.43. The maximum absolute atomic E-state index is 9.02. The van der Waals surface area contributed by atoms with Crippen LogP contribution in [0.15, 0.2) is 18.3 Å². The molecule has 1 saturated heterocycles. The standard InChI is InChI=1S/C11H16N2O2/c1-9-8-15-5-4-13(9)11-2-3-12-10(6-11)7-14/h2-3,6,9,14H,4-5,7-8H2,1H3. The van der Waals surface area contributed by atoms with E-state index in [9.17, 15) is 0 Å². The first kappa shape index (κ1) is 10.4. The van der Waals surface area contributed by atoms with Gasteiger partial charge in [-0.1, -0.05) is 0 Å². The molecule has 1 fully saturated rings. The van der Waals surface area contributed by atoms with Crippen LogP contribution < -0.4 is 4.90 Å². The lowest BCUT2D eigenvalue weighted by molar-refractivity contribution is 0.0989. The van der Waals surface area contributed by atoms with Crippen molar-refractivity contribution in [2.24, 2.45) is 0 Å². The van der Waals surface area contributed by atoms with Crippen molar-refractivity contribution >= 4 is 5.69 Å². The van der Waals surface area contributed by atoms with E-state index in [1.807, 2.05) is 12.1 Å². The third-order valence-electron chi connectivity index (χ3n) is 2.66. The fraction of sp³-hybridized carbons (Fsp3) is 0.545. The van der Waals surface area contributed by atoms with E-state index in [-0.39, 0.29) is 6.61 Å². The van der Waals surface area contributed by atoms with E-state index in [0.717, 1.165) is 25.4 Å². The van der Waals surface area contributed by atoms with Crippen molar-refractivity contribution in [3.8, 4) is 0 Å². The predicted octanol–water partition coefficient (Wildman–Crippen LogP) is 0.799. The summed E-state index contributed by atoms with van der Waals surface area (Å²) in [7, 11) is 0. The Morgan fingerprint density at radius 2 is 2.53 bits per heavy atom. The Morgan fingerprint density at radius 3 is 3.27 bits per heavy atom. The van der Waals surface area contributed by atoms with Crippen LogP contribution >= 0.6 is 0 Å². The largest absolute Gasteiger partial charge is 0.390 e. The summed E-state index contributed by atoms with van der Waals surface area (Å²) in [6.45, 7) is 4.55. The summed E-state index contributed by atoms with van der Waals surface area (Å²) in [4.78, 5) is 6.35. The fourth-order valence-electron chi connectivity index (χ4n) is 1.84. The molecule has 0 aliphatic carbocycles. The summed E-state index contributed by atoms with van der Waals surface area (Å²) >= 11 is 0. The van der Waals surface area contributed by atoms with Crippen molar-refractivity contribution in [2.75, 3.05) is 24.7 Å². The fourth-order valence-corrected chi connectivity index (χ4v) is 1.84. The van der Waals surface area contributed by atoms with E-state index in [2.05, 4.69) is 16.8 Å². The predicted molar refractivity (Wildman–Crippen MR) is 57.8 cm³/mol. The molecule has 4 nitrogen and oxygen atoms in total. The maximum Gasteiger partial charge on any atom is 0.0853 e. The Kier molecular flexibility index (Phi) is 3.18. The minimum Gasteiger partial charge on any atom is -0.390 e. The van der Waals surface area contributed by atoms with Crippen LogP contribution in [0.5, 0.6) is 0 Å². The lowest BCUT2D eigenvalue weighted by atomic mass is 10.2. The molecule has 15 heavy (non-hydrogen) atoms. The highest BCUT2D eigenvalue weighted by Crippen LogP contribution is 2.19. The van der Waals surface area contributed by atoms with E-state index in [4.69, 9.17) is 9.84 Å². The molecule has 0 aromatic carbocycles. The quantitative estimate of drug-likeness (QED) is 0.781. The van der Waals surface area contributed by atoms with E-state index in [1.165, 1.54) is 0 Å². The van der Waals surface area contributed by atoms with E-state index >= 15 is 0 Å². The van der Waals surface area contributed by atoms with E-state index < -0.39 is 0 Å². The van der Waals surface area contributed by atoms with Crippen LogP contribution in [0.3, 0.4) is 0 Å². The summed E-state index contributed by atoms with van der Waals surface area (Å²) in [5, 5.41) is 9.02. The summed E-state index contributed by atoms with van der Waals surface area (Å²) in [6, 6.07) is 4.29. The summed E-state index contributed by atoms with van der Waals surface area (Å²) in [5.74, 6) is 0. The molecule has 1 aromatic rings. The van der Waals surface area contributed by atoms with Gasteiger partial charge in [-0.25, -0.2) is 0 Å². The minimum absolute atomic E-state index is 0.00738. The second kappa shape index (κ2) is 4.59. The highest BCUT2D eigenvalue weighted by Gasteiger charge is 2.19. The number of pyridine rings is 1. The van der Waals surface area contributed by atoms with Crippen LogP contribution in [0.1, 0.15) is 12.6 Å². The molecule has 0 saturated carbocycles. The average molecular weight is 208 g/mol. The Morgan fingerprint density at radius 1 is 1.67 bits per heavy atom. The Bertz CT molecular complexity index is 330. The number of anilines is 1. The van der Waals surface area contributed by atoms with Gasteiger partial charge in [0.05, 0.1) is 25.5 Å². The SMILES string of the molecule is CC1COCCN1c1ccnc(CO)c1. The molecule has 0 spiro atoms. The molecule has 1 aliphatic heterocycles. The number of nitrogens with zero attached hydrogens (tertiary/aromatic N) is 2. The molecular weight excluding hydrogens is 192 g/mol. The topological polar surface area (TPSA) is 45.6 Å². The highest BCUT2D eigenvalue weighted by atomic mass is 16.5. The van der Waals surface area contributed by atoms with Gasteiger partial charge in [-0.15, -0.1) is 0 Å². The maximum atomic E-state index is 9.02. The van der Waals surface area contributed by atoms with Crippen molar-refractivity contribution in [3.05, 3.63) is 24.0 Å². The van der Waals surface area contributed by atoms with Gasteiger partial charge in [-0.2, -0.15) is 0 Å². The van der Waals surface area contributed by atoms with Gasteiger partial charge in [-0.3, -0.25) is 4.98 Å². The van der Waals surface area contributed by atoms with Gasteiger partial charge in [0.15, 0.2) is 0 Å². The van der Waals surface area contributed by atoms with Crippen molar-refractivity contribution in [2.45, 2.75) is 19.6 Å². The van der Waals surface area contributed by atoms with Gasteiger partial charge in [0.2, 0.25) is 0 Å². The molecule has 1 aromatic heterocycles. The van der Waals surface area contributed by atoms with Crippen molar-refractivity contribution < 1.29 is 9.84 Å². The van der Waals surface area contributed by atoms with Gasteiger partial charge in [-0.05, 0) is 19.1 Å². The van der Waals surface area contributed by atoms with Crippen LogP contribution in [0.25, 0.3) is 0 Å². The van der Waals surface area contributed by atoms with Crippen LogP contribution in [-0.4, -0.2) is 35.9 Å². The molecule has 1 N–H and O–H groups in total. The molecule has 2 rings (SSSR count). The first-order valence-corrected chi connectivity index (χ1v) is 5.21. The van der Waals surface area contributed by atoms with Gasteiger partial charge >= 0.3 is 0 Å². The van der Waals surface area contributed by atoms with Crippen molar-refractivity contribution in [1.82, 2.24) is 4.98 Å². The van der Waals surface area contributed by atoms with E-state index in [1.54, 1.807) is 6.20 Å². The molecule has 4 heteroatoms. The summed E-state index contributed by atoms with van der Waals surface area (Å²) in [6.07, 6.45) is 1.74. The highest BCUT2D eigenvalue weighted by molar-refractivity contribution is 5.47. The first-order chi connectivity index (χ1) is 7.31. The zero-order valence-corrected chi connectivity index (χ0v) is 8.89. The Hall–Kier alpha value is -1.13. The van der Waals surface area contributed by atoms with Crippen LogP contribution in [0, 0.1) is 0 Å². The lowest BCUT2D eigenvalue weighted by Gasteiger charge is -2.35. The number of rotatable bonds is 2. The molecule has 1 unspecified atom stereocenters. The molecule has 2 heterocycles. The van der Waals surface area contributed by atoms with Gasteiger partial charge in [0, 0.05) is 24.5 Å². The molecule has 82 valence electrons. The number of aliphatic hydroxyl groups is 1. The number of ether oxygens (including phenoxy) is 1. The van der Waals surface area contributed by atoms with Crippen LogP contribution in [0.4, 0.5) is 5.69 Å². The summed E-state index contributed by atoms with van der Waals surface area (Å²) in [5.41, 5.74) is 1.83. The molecule has 0 bridgehead atoms. The number of morpholine rings is 1. The van der Waals surface area contributed by atoms with E-state index in [0.29, 0.717) is 11.7 Å². The molecule has 1 aliphatic rings. The minimum atomic E-state index is -0.00738. The second-order valence-electron chi connectivity index (χ2n) is 3.78. The summed E-state index contributed by atoms with van der Waals surface area (Å²) < 4.78 is 5.38. The van der Waals surface area contributed by atoms with Crippen LogP contribution in [-0.2, 0) is 11.3 Å². The first-order valence-electron chi connectivity index (χ1n) is 5.21. The second-order valence-corrected chi connectivity index (χ2v) is 3.78. The molecule has 0 amide bonds. The smallest absolute Gasteiger partial charge is 0.0853 e. The average Bonchev–Trinajstić information content (AvgIpc) is 2.30. The molecular formula is C11H16N2O2. The zero-order chi connectivity index (χ0) is 10.7. The van der Waals surface area contributed by atoms with Crippen molar-refractivity contribution in [3.63, 3.8) is 0 Å². The Balaban J connectivity index is 2.19. The number of aromatic nitrogens is 1. The normalized spacial score (nSPS) is 21.7. The zero-order valence-electron chi connectivity index (χ0n) is 8.89. The molecule has 0 radical (unpaired) electrons. The monoisotopic (exact) mass is 208 g/mol. The van der Waals surface area contributed by atoms with Crippen LogP contribution in [0.2, 0.25) is 0 Å². The Labute approximate surface area is 89.5 Å². The third kappa shape index (κ3) is 2.27. The van der Waals surface area contributed by atoms with Gasteiger partial charge in [0.1, 0.15) is 0 Å². The molecule has 1 atom stereocenters. The third-order valence-corrected chi connectivity index (χ3v) is 2.66. The van der Waals surface area contributed by atoms with Gasteiger partial charge < -0.3 is 14.7 Å². The van der Waals surface area contributed by atoms with Crippen molar-refractivity contribution in [1.29, 1.82) is 0 Å². The van der Waals surface area contributed by atoms with Gasteiger partial charge in [0.25, 0.3) is 0 Å². The number of hydrogen-bond donors (Lipinski definition) is 1. The number of hydrogen-bond acceptors (Lipinski definition) is 4. The number of aliphatic hydroxyl groups excluding tert-OH is 1.